The molecule has 0 aliphatic rings. The second-order valence-electron chi connectivity index (χ2n) is 3.20. The molecule has 1 atom stereocenters. The Morgan fingerprint density at radius 1 is 1.31 bits per heavy atom. The van der Waals surface area contributed by atoms with Gasteiger partial charge in [-0.3, -0.25) is 4.79 Å². The molecule has 0 aromatic carbocycles. The van der Waals surface area contributed by atoms with Crippen LogP contribution in [0.4, 0.5) is 0 Å². The number of ether oxygens (including phenoxy) is 2. The molecule has 3 nitrogen and oxygen atoms in total. The third-order valence-corrected chi connectivity index (χ3v) is 1.55. The molecule has 1 unspecified atom stereocenters. The van der Waals surface area contributed by atoms with E-state index in [1.54, 1.807) is 6.92 Å². The summed E-state index contributed by atoms with van der Waals surface area (Å²) in [6.45, 7) is 7.53. The van der Waals surface area contributed by atoms with E-state index in [2.05, 4.69) is 6.92 Å². The van der Waals surface area contributed by atoms with Crippen LogP contribution in [0.1, 0.15) is 33.6 Å². The van der Waals surface area contributed by atoms with Gasteiger partial charge in [-0.05, 0) is 20.3 Å². The van der Waals surface area contributed by atoms with Gasteiger partial charge in [0, 0.05) is 13.0 Å². The summed E-state index contributed by atoms with van der Waals surface area (Å²) in [7, 11) is 0. The molecule has 78 valence electrons. The SMILES string of the molecule is CCCOCCOC(C)CC(C)=O. The van der Waals surface area contributed by atoms with Crippen LogP contribution in [0, 0.1) is 0 Å². The molecule has 0 aliphatic carbocycles. The lowest BCUT2D eigenvalue weighted by atomic mass is 10.2. The second kappa shape index (κ2) is 8.20. The number of ketones is 1. The van der Waals surface area contributed by atoms with Crippen LogP contribution in [-0.2, 0) is 14.3 Å². The molecule has 0 saturated carbocycles. The van der Waals surface area contributed by atoms with Gasteiger partial charge in [0.05, 0.1) is 19.3 Å². The average Bonchev–Trinajstić information content (AvgIpc) is 2.02. The standard InChI is InChI=1S/C10H20O3/c1-4-5-12-6-7-13-10(3)8-9(2)11/h10H,4-8H2,1-3H3. The van der Waals surface area contributed by atoms with Crippen LogP contribution < -0.4 is 0 Å². The van der Waals surface area contributed by atoms with Crippen molar-refractivity contribution in [2.45, 2.75) is 39.7 Å². The first-order valence-electron chi connectivity index (χ1n) is 4.85. The molecular weight excluding hydrogens is 168 g/mol. The predicted molar refractivity (Wildman–Crippen MR) is 51.8 cm³/mol. The Balaban J connectivity index is 3.17. The lowest BCUT2D eigenvalue weighted by Gasteiger charge is -2.10. The van der Waals surface area contributed by atoms with E-state index in [9.17, 15) is 4.79 Å². The van der Waals surface area contributed by atoms with Gasteiger partial charge in [0.15, 0.2) is 0 Å². The van der Waals surface area contributed by atoms with E-state index in [-0.39, 0.29) is 11.9 Å². The van der Waals surface area contributed by atoms with Gasteiger partial charge in [-0.2, -0.15) is 0 Å². The Morgan fingerprint density at radius 3 is 2.54 bits per heavy atom. The van der Waals surface area contributed by atoms with E-state index in [4.69, 9.17) is 9.47 Å². The second-order valence-corrected chi connectivity index (χ2v) is 3.20. The van der Waals surface area contributed by atoms with Crippen molar-refractivity contribution in [1.29, 1.82) is 0 Å². The van der Waals surface area contributed by atoms with E-state index in [1.807, 2.05) is 6.92 Å². The molecule has 0 saturated heterocycles. The van der Waals surface area contributed by atoms with Crippen molar-refractivity contribution < 1.29 is 14.3 Å². The van der Waals surface area contributed by atoms with Crippen LogP contribution in [0.2, 0.25) is 0 Å². The van der Waals surface area contributed by atoms with Gasteiger partial charge in [0.25, 0.3) is 0 Å². The summed E-state index contributed by atoms with van der Waals surface area (Å²) in [6, 6.07) is 0. The molecule has 0 N–H and O–H groups in total. The highest BCUT2D eigenvalue weighted by molar-refractivity contribution is 5.75. The molecule has 0 radical (unpaired) electrons. The third kappa shape index (κ3) is 9.50. The first-order valence-corrected chi connectivity index (χ1v) is 4.85. The Morgan fingerprint density at radius 2 is 2.00 bits per heavy atom. The summed E-state index contributed by atoms with van der Waals surface area (Å²) in [5.41, 5.74) is 0. The zero-order valence-corrected chi connectivity index (χ0v) is 8.84. The molecule has 0 spiro atoms. The summed E-state index contributed by atoms with van der Waals surface area (Å²) in [5, 5.41) is 0. The maximum Gasteiger partial charge on any atom is 0.132 e. The monoisotopic (exact) mass is 188 g/mol. The smallest absolute Gasteiger partial charge is 0.132 e. The van der Waals surface area contributed by atoms with Gasteiger partial charge in [-0.25, -0.2) is 0 Å². The van der Waals surface area contributed by atoms with Crippen molar-refractivity contribution in [3.05, 3.63) is 0 Å². The molecule has 0 rings (SSSR count). The van der Waals surface area contributed by atoms with Gasteiger partial charge in [-0.1, -0.05) is 6.92 Å². The molecule has 0 aromatic heterocycles. The van der Waals surface area contributed by atoms with E-state index in [0.717, 1.165) is 13.0 Å². The van der Waals surface area contributed by atoms with Gasteiger partial charge in [0.2, 0.25) is 0 Å². The predicted octanol–water partition coefficient (Wildman–Crippen LogP) is 1.80. The highest BCUT2D eigenvalue weighted by atomic mass is 16.5. The van der Waals surface area contributed by atoms with Gasteiger partial charge >= 0.3 is 0 Å². The van der Waals surface area contributed by atoms with Gasteiger partial charge in [-0.15, -0.1) is 0 Å². The maximum absolute atomic E-state index is 10.7. The number of hydrogen-bond donors (Lipinski definition) is 0. The van der Waals surface area contributed by atoms with Crippen molar-refractivity contribution in [2.75, 3.05) is 19.8 Å². The lowest BCUT2D eigenvalue weighted by Crippen LogP contribution is -2.15. The number of carbonyl (C=O) groups excluding carboxylic acids is 1. The quantitative estimate of drug-likeness (QED) is 0.545. The molecular formula is C10H20O3. The van der Waals surface area contributed by atoms with E-state index < -0.39 is 0 Å². The molecule has 0 bridgehead atoms. The topological polar surface area (TPSA) is 35.5 Å². The third-order valence-electron chi connectivity index (χ3n) is 1.55. The summed E-state index contributed by atoms with van der Waals surface area (Å²) < 4.78 is 10.6. The molecule has 13 heavy (non-hydrogen) atoms. The molecule has 0 amide bonds. The van der Waals surface area contributed by atoms with Crippen molar-refractivity contribution in [3.8, 4) is 0 Å². The molecule has 0 aromatic rings. The zero-order valence-electron chi connectivity index (χ0n) is 8.84. The number of hydrogen-bond acceptors (Lipinski definition) is 3. The lowest BCUT2D eigenvalue weighted by molar-refractivity contribution is -0.119. The minimum Gasteiger partial charge on any atom is -0.379 e. The summed E-state index contributed by atoms with van der Waals surface area (Å²) in [4.78, 5) is 10.7. The summed E-state index contributed by atoms with van der Waals surface area (Å²) in [5.74, 6) is 0.168. The highest BCUT2D eigenvalue weighted by Gasteiger charge is 2.04. The fourth-order valence-corrected chi connectivity index (χ4v) is 1.02. The number of Topliss-reactive ketones (excluding diaryl/α,β-unsaturated/α-hetero) is 1. The molecule has 0 aliphatic heterocycles. The van der Waals surface area contributed by atoms with Crippen molar-refractivity contribution in [2.24, 2.45) is 0 Å². The minimum absolute atomic E-state index is 0.0164. The zero-order chi connectivity index (χ0) is 10.1. The maximum atomic E-state index is 10.7. The minimum atomic E-state index is 0.0164. The molecule has 0 fully saturated rings. The summed E-state index contributed by atoms with van der Waals surface area (Å²) >= 11 is 0. The Kier molecular flexibility index (Phi) is 7.94. The first kappa shape index (κ1) is 12.6. The Labute approximate surface area is 80.4 Å². The summed E-state index contributed by atoms with van der Waals surface area (Å²) in [6.07, 6.45) is 1.54. The molecule has 3 heteroatoms. The highest BCUT2D eigenvalue weighted by Crippen LogP contribution is 1.97. The normalized spacial score (nSPS) is 12.8. The van der Waals surface area contributed by atoms with Crippen molar-refractivity contribution >= 4 is 5.78 Å². The van der Waals surface area contributed by atoms with Crippen LogP contribution in [0.15, 0.2) is 0 Å². The first-order chi connectivity index (χ1) is 6.16. The van der Waals surface area contributed by atoms with Crippen LogP contribution >= 0.6 is 0 Å². The average molecular weight is 188 g/mol. The van der Waals surface area contributed by atoms with Crippen molar-refractivity contribution in [1.82, 2.24) is 0 Å². The van der Waals surface area contributed by atoms with Gasteiger partial charge in [0.1, 0.15) is 5.78 Å². The van der Waals surface area contributed by atoms with Crippen LogP contribution in [-0.4, -0.2) is 31.7 Å². The fourth-order valence-electron chi connectivity index (χ4n) is 1.02. The largest absolute Gasteiger partial charge is 0.379 e. The van der Waals surface area contributed by atoms with Crippen LogP contribution in [0.5, 0.6) is 0 Å². The van der Waals surface area contributed by atoms with Crippen LogP contribution in [0.3, 0.4) is 0 Å². The van der Waals surface area contributed by atoms with E-state index >= 15 is 0 Å². The Hall–Kier alpha value is -0.410. The van der Waals surface area contributed by atoms with E-state index in [0.29, 0.717) is 19.6 Å². The fraction of sp³-hybridized carbons (Fsp3) is 0.900. The molecule has 0 heterocycles. The van der Waals surface area contributed by atoms with Crippen LogP contribution in [0.25, 0.3) is 0 Å². The number of carbonyl (C=O) groups is 1. The number of rotatable bonds is 8. The van der Waals surface area contributed by atoms with E-state index in [1.165, 1.54) is 0 Å². The van der Waals surface area contributed by atoms with Gasteiger partial charge < -0.3 is 9.47 Å². The van der Waals surface area contributed by atoms with Crippen molar-refractivity contribution in [3.63, 3.8) is 0 Å². The Bertz CT molecular complexity index is 134.